The number of aromatic nitrogens is 2. The van der Waals surface area contributed by atoms with E-state index in [0.29, 0.717) is 24.6 Å². The third-order valence-electron chi connectivity index (χ3n) is 2.31. The highest BCUT2D eigenvalue weighted by molar-refractivity contribution is 6.18. The molecule has 1 amide bonds. The number of carbonyl (C=O) groups is 1. The summed E-state index contributed by atoms with van der Waals surface area (Å²) < 4.78 is 5.07. The second-order valence-electron chi connectivity index (χ2n) is 3.66. The fourth-order valence-corrected chi connectivity index (χ4v) is 1.58. The summed E-state index contributed by atoms with van der Waals surface area (Å²) in [6.07, 6.45) is 2.37. The molecule has 0 aliphatic rings. The Labute approximate surface area is 109 Å². The maximum Gasteiger partial charge on any atom is 0.247 e. The van der Waals surface area contributed by atoms with Gasteiger partial charge in [-0.15, -0.1) is 21.8 Å². The van der Waals surface area contributed by atoms with E-state index in [1.807, 2.05) is 12.1 Å². The van der Waals surface area contributed by atoms with E-state index in [1.165, 1.54) is 6.39 Å². The summed E-state index contributed by atoms with van der Waals surface area (Å²) in [6.45, 7) is 0. The van der Waals surface area contributed by atoms with E-state index in [2.05, 4.69) is 15.5 Å². The predicted octanol–water partition coefficient (Wildman–Crippen LogP) is 2.69. The third-order valence-corrected chi connectivity index (χ3v) is 2.58. The second kappa shape index (κ2) is 6.16. The molecule has 1 heterocycles. The molecule has 0 atom stereocenters. The molecule has 0 fully saturated rings. The fraction of sp³-hybridized carbons (Fsp3) is 0.250. The summed E-state index contributed by atoms with van der Waals surface area (Å²) in [5, 5.41) is 10.2. The standard InChI is InChI=1S/C12H12ClN3O2/c13-7-1-2-11(17)15-10-5-3-9(4-6-10)12-16-14-8-18-12/h3-6,8H,1-2,7H2,(H,15,17). The van der Waals surface area contributed by atoms with Gasteiger partial charge in [0.2, 0.25) is 18.2 Å². The van der Waals surface area contributed by atoms with Crippen LogP contribution >= 0.6 is 11.6 Å². The van der Waals surface area contributed by atoms with Crippen LogP contribution in [0.25, 0.3) is 11.5 Å². The van der Waals surface area contributed by atoms with E-state index >= 15 is 0 Å². The lowest BCUT2D eigenvalue weighted by Crippen LogP contribution is -2.11. The number of carbonyl (C=O) groups excluding carboxylic acids is 1. The lowest BCUT2D eigenvalue weighted by Gasteiger charge is -2.04. The minimum absolute atomic E-state index is 0.0406. The van der Waals surface area contributed by atoms with Gasteiger partial charge in [0.15, 0.2) is 0 Å². The number of hydrogen-bond donors (Lipinski definition) is 1. The Morgan fingerprint density at radius 1 is 1.33 bits per heavy atom. The molecular formula is C12H12ClN3O2. The number of nitrogens with zero attached hydrogens (tertiary/aromatic N) is 2. The molecule has 5 nitrogen and oxygen atoms in total. The van der Waals surface area contributed by atoms with Crippen molar-refractivity contribution in [3.05, 3.63) is 30.7 Å². The van der Waals surface area contributed by atoms with E-state index in [4.69, 9.17) is 16.0 Å². The Kier molecular flexibility index (Phi) is 4.30. The van der Waals surface area contributed by atoms with Crippen molar-refractivity contribution in [3.63, 3.8) is 0 Å². The SMILES string of the molecule is O=C(CCCCl)Nc1ccc(-c2nnco2)cc1. The molecular weight excluding hydrogens is 254 g/mol. The van der Waals surface area contributed by atoms with E-state index in [1.54, 1.807) is 12.1 Å². The van der Waals surface area contributed by atoms with Gasteiger partial charge in [0, 0.05) is 23.6 Å². The monoisotopic (exact) mass is 265 g/mol. The fourth-order valence-electron chi connectivity index (χ4n) is 1.45. The number of nitrogens with one attached hydrogen (secondary N) is 1. The average molecular weight is 266 g/mol. The van der Waals surface area contributed by atoms with Gasteiger partial charge in [-0.3, -0.25) is 4.79 Å². The van der Waals surface area contributed by atoms with Crippen molar-refractivity contribution in [2.75, 3.05) is 11.2 Å². The Balaban J connectivity index is 1.98. The third kappa shape index (κ3) is 3.30. The average Bonchev–Trinajstić information content (AvgIpc) is 2.91. The van der Waals surface area contributed by atoms with Crippen LogP contribution in [0.3, 0.4) is 0 Å². The van der Waals surface area contributed by atoms with E-state index in [-0.39, 0.29) is 5.91 Å². The van der Waals surface area contributed by atoms with Gasteiger partial charge in [0.1, 0.15) is 0 Å². The van der Waals surface area contributed by atoms with Crippen LogP contribution in [0.5, 0.6) is 0 Å². The van der Waals surface area contributed by atoms with Crippen molar-refractivity contribution in [3.8, 4) is 11.5 Å². The number of rotatable bonds is 5. The van der Waals surface area contributed by atoms with Gasteiger partial charge in [-0.1, -0.05) is 0 Å². The zero-order valence-corrected chi connectivity index (χ0v) is 10.4. The molecule has 0 bridgehead atoms. The topological polar surface area (TPSA) is 68.0 Å². The molecule has 1 aromatic heterocycles. The van der Waals surface area contributed by atoms with Crippen LogP contribution in [0.4, 0.5) is 5.69 Å². The van der Waals surface area contributed by atoms with Gasteiger partial charge in [0.25, 0.3) is 0 Å². The van der Waals surface area contributed by atoms with Crippen molar-refractivity contribution < 1.29 is 9.21 Å². The molecule has 0 spiro atoms. The van der Waals surface area contributed by atoms with Crippen molar-refractivity contribution in [2.45, 2.75) is 12.8 Å². The maximum atomic E-state index is 11.5. The van der Waals surface area contributed by atoms with Gasteiger partial charge in [-0.25, -0.2) is 0 Å². The molecule has 2 aromatic rings. The van der Waals surface area contributed by atoms with Crippen LogP contribution < -0.4 is 5.32 Å². The van der Waals surface area contributed by atoms with Crippen molar-refractivity contribution >= 4 is 23.2 Å². The van der Waals surface area contributed by atoms with Gasteiger partial charge >= 0.3 is 0 Å². The van der Waals surface area contributed by atoms with Crippen LogP contribution in [-0.4, -0.2) is 22.0 Å². The van der Waals surface area contributed by atoms with Crippen molar-refractivity contribution in [2.24, 2.45) is 0 Å². The summed E-state index contributed by atoms with van der Waals surface area (Å²) in [4.78, 5) is 11.5. The molecule has 0 aliphatic heterocycles. The highest BCUT2D eigenvalue weighted by Gasteiger charge is 2.05. The number of amides is 1. The first-order chi connectivity index (χ1) is 8.79. The number of benzene rings is 1. The zero-order chi connectivity index (χ0) is 12.8. The largest absolute Gasteiger partial charge is 0.423 e. The quantitative estimate of drug-likeness (QED) is 0.844. The van der Waals surface area contributed by atoms with Gasteiger partial charge < -0.3 is 9.73 Å². The first kappa shape index (κ1) is 12.6. The highest BCUT2D eigenvalue weighted by atomic mass is 35.5. The maximum absolute atomic E-state index is 11.5. The molecule has 0 unspecified atom stereocenters. The minimum Gasteiger partial charge on any atom is -0.423 e. The van der Waals surface area contributed by atoms with Crippen molar-refractivity contribution in [1.82, 2.24) is 10.2 Å². The summed E-state index contributed by atoms with van der Waals surface area (Å²) >= 11 is 5.52. The second-order valence-corrected chi connectivity index (χ2v) is 4.04. The number of hydrogen-bond acceptors (Lipinski definition) is 4. The first-order valence-corrected chi connectivity index (χ1v) is 6.05. The summed E-state index contributed by atoms with van der Waals surface area (Å²) in [6, 6.07) is 7.20. The van der Waals surface area contributed by atoms with E-state index in [0.717, 1.165) is 11.3 Å². The molecule has 1 N–H and O–H groups in total. The minimum atomic E-state index is -0.0406. The first-order valence-electron chi connectivity index (χ1n) is 5.52. The Morgan fingerprint density at radius 2 is 2.11 bits per heavy atom. The molecule has 1 aromatic carbocycles. The predicted molar refractivity (Wildman–Crippen MR) is 68.3 cm³/mol. The van der Waals surface area contributed by atoms with Gasteiger partial charge in [-0.2, -0.15) is 0 Å². The number of halogens is 1. The summed E-state index contributed by atoms with van der Waals surface area (Å²) in [5.41, 5.74) is 1.55. The zero-order valence-electron chi connectivity index (χ0n) is 9.60. The molecule has 18 heavy (non-hydrogen) atoms. The molecule has 2 rings (SSSR count). The van der Waals surface area contributed by atoms with Crippen LogP contribution in [0.1, 0.15) is 12.8 Å². The number of alkyl halides is 1. The molecule has 0 saturated carbocycles. The molecule has 6 heteroatoms. The molecule has 0 radical (unpaired) electrons. The Hall–Kier alpha value is -1.88. The van der Waals surface area contributed by atoms with Gasteiger partial charge in [0.05, 0.1) is 0 Å². The van der Waals surface area contributed by atoms with Crippen LogP contribution in [0.15, 0.2) is 35.1 Å². The molecule has 0 aliphatic carbocycles. The number of anilines is 1. The van der Waals surface area contributed by atoms with Crippen molar-refractivity contribution in [1.29, 1.82) is 0 Å². The molecule has 0 saturated heterocycles. The van der Waals surface area contributed by atoms with Crippen LogP contribution in [0.2, 0.25) is 0 Å². The Morgan fingerprint density at radius 3 is 2.72 bits per heavy atom. The lowest BCUT2D eigenvalue weighted by atomic mass is 10.2. The van der Waals surface area contributed by atoms with Crippen LogP contribution in [0, 0.1) is 0 Å². The normalized spacial score (nSPS) is 10.3. The van der Waals surface area contributed by atoms with E-state index in [9.17, 15) is 4.79 Å². The highest BCUT2D eigenvalue weighted by Crippen LogP contribution is 2.18. The van der Waals surface area contributed by atoms with E-state index < -0.39 is 0 Å². The van der Waals surface area contributed by atoms with Crippen LogP contribution in [-0.2, 0) is 4.79 Å². The lowest BCUT2D eigenvalue weighted by molar-refractivity contribution is -0.116. The van der Waals surface area contributed by atoms with Gasteiger partial charge in [-0.05, 0) is 30.7 Å². The summed E-state index contributed by atoms with van der Waals surface area (Å²) in [5.74, 6) is 0.903. The summed E-state index contributed by atoms with van der Waals surface area (Å²) in [7, 11) is 0. The Bertz CT molecular complexity index is 497. The smallest absolute Gasteiger partial charge is 0.247 e. The molecule has 94 valence electrons.